The molecule has 27 heavy (non-hydrogen) atoms. The van der Waals surface area contributed by atoms with Gasteiger partial charge in [-0.25, -0.2) is 4.79 Å². The van der Waals surface area contributed by atoms with Gasteiger partial charge in [0, 0.05) is 30.9 Å². The van der Waals surface area contributed by atoms with Gasteiger partial charge in [0.05, 0.1) is 11.1 Å². The summed E-state index contributed by atoms with van der Waals surface area (Å²) in [5.41, 5.74) is 0.962. The van der Waals surface area contributed by atoms with Crippen LogP contribution in [-0.2, 0) is 0 Å². The molecule has 1 saturated carbocycles. The van der Waals surface area contributed by atoms with Crippen LogP contribution in [0.1, 0.15) is 58.4 Å². The first-order valence-corrected chi connectivity index (χ1v) is 9.38. The van der Waals surface area contributed by atoms with E-state index >= 15 is 0 Å². The van der Waals surface area contributed by atoms with Gasteiger partial charge in [0.1, 0.15) is 5.75 Å². The predicted octanol–water partition coefficient (Wildman–Crippen LogP) is 4.34. The van der Waals surface area contributed by atoms with Crippen molar-refractivity contribution in [3.05, 3.63) is 59.2 Å². The second kappa shape index (κ2) is 8.25. The fraction of sp³-hybridized carbons (Fsp3) is 0.364. The molecule has 0 saturated heterocycles. The van der Waals surface area contributed by atoms with Crippen LogP contribution in [0, 0.1) is 5.92 Å². The summed E-state index contributed by atoms with van der Waals surface area (Å²) in [6.07, 6.45) is 6.34. The zero-order chi connectivity index (χ0) is 19.4. The molecule has 142 valence electrons. The molecule has 2 N–H and O–H groups in total. The van der Waals surface area contributed by atoms with Gasteiger partial charge in [-0.15, -0.1) is 0 Å². The number of phenolic OH excluding ortho intramolecular Hbond substituents is 1. The highest BCUT2D eigenvalue weighted by Gasteiger charge is 2.21. The normalized spacial score (nSPS) is 14.7. The third-order valence-electron chi connectivity index (χ3n) is 5.33. The quantitative estimate of drug-likeness (QED) is 0.743. The summed E-state index contributed by atoms with van der Waals surface area (Å²) >= 11 is 0. The summed E-state index contributed by atoms with van der Waals surface area (Å²) in [6, 6.07) is 11.0. The molecule has 1 aliphatic rings. The van der Waals surface area contributed by atoms with Gasteiger partial charge in [0.2, 0.25) is 0 Å². The summed E-state index contributed by atoms with van der Waals surface area (Å²) in [6.45, 7) is 0.925. The highest BCUT2D eigenvalue weighted by atomic mass is 16.4. The van der Waals surface area contributed by atoms with E-state index in [2.05, 4.69) is 4.90 Å². The van der Waals surface area contributed by atoms with Gasteiger partial charge >= 0.3 is 5.97 Å². The van der Waals surface area contributed by atoms with Gasteiger partial charge in [-0.3, -0.25) is 4.79 Å². The lowest BCUT2D eigenvalue weighted by atomic mass is 9.89. The molecule has 1 aliphatic carbocycles. The maximum absolute atomic E-state index is 12.8. The number of carbonyl (C=O) groups is 2. The lowest BCUT2D eigenvalue weighted by Gasteiger charge is -2.28. The van der Waals surface area contributed by atoms with Crippen molar-refractivity contribution in [2.75, 3.05) is 18.5 Å². The van der Waals surface area contributed by atoms with Crippen molar-refractivity contribution >= 4 is 17.4 Å². The number of carboxylic acid groups (broad SMARTS) is 1. The van der Waals surface area contributed by atoms with Crippen LogP contribution in [0.3, 0.4) is 0 Å². The van der Waals surface area contributed by atoms with E-state index in [-0.39, 0.29) is 22.4 Å². The minimum atomic E-state index is -1.16. The van der Waals surface area contributed by atoms with Crippen molar-refractivity contribution in [2.45, 2.75) is 32.1 Å². The molecule has 3 rings (SSSR count). The molecule has 0 bridgehead atoms. The van der Waals surface area contributed by atoms with Crippen molar-refractivity contribution in [1.29, 1.82) is 0 Å². The molecular weight excluding hydrogens is 342 g/mol. The Bertz CT molecular complexity index is 840. The smallest absolute Gasteiger partial charge is 0.336 e. The van der Waals surface area contributed by atoms with E-state index in [0.29, 0.717) is 5.92 Å². The number of nitrogens with zero attached hydrogens (tertiary/aromatic N) is 1. The number of hydrogen-bond donors (Lipinski definition) is 2. The van der Waals surface area contributed by atoms with Crippen LogP contribution >= 0.6 is 0 Å². The zero-order valence-electron chi connectivity index (χ0n) is 15.5. The Hall–Kier alpha value is -2.82. The molecule has 0 radical (unpaired) electrons. The number of aromatic carboxylic acids is 1. The molecule has 0 spiro atoms. The van der Waals surface area contributed by atoms with Crippen LogP contribution in [0.4, 0.5) is 5.69 Å². The van der Waals surface area contributed by atoms with Crippen molar-refractivity contribution < 1.29 is 19.8 Å². The van der Waals surface area contributed by atoms with Gasteiger partial charge in [-0.2, -0.15) is 0 Å². The first-order chi connectivity index (χ1) is 13.0. The van der Waals surface area contributed by atoms with Crippen LogP contribution in [0.15, 0.2) is 42.5 Å². The van der Waals surface area contributed by atoms with Crippen LogP contribution in [0.5, 0.6) is 5.75 Å². The van der Waals surface area contributed by atoms with Gasteiger partial charge in [0.25, 0.3) is 0 Å². The minimum absolute atomic E-state index is 0.0691. The number of rotatable bonds is 6. The first kappa shape index (κ1) is 19.0. The Balaban J connectivity index is 1.80. The summed E-state index contributed by atoms with van der Waals surface area (Å²) in [5, 5.41) is 19.7. The maximum Gasteiger partial charge on any atom is 0.336 e. The number of ketones is 1. The van der Waals surface area contributed by atoms with E-state index in [4.69, 9.17) is 0 Å². The Kier molecular flexibility index (Phi) is 5.79. The van der Waals surface area contributed by atoms with Crippen molar-refractivity contribution in [3.8, 4) is 5.75 Å². The number of carboxylic acids is 1. The van der Waals surface area contributed by atoms with Crippen molar-refractivity contribution in [2.24, 2.45) is 5.92 Å². The molecule has 2 aromatic carbocycles. The molecular formula is C22H25NO4. The van der Waals surface area contributed by atoms with Gasteiger partial charge in [-0.05, 0) is 37.0 Å². The van der Waals surface area contributed by atoms with E-state index in [1.165, 1.54) is 44.2 Å². The monoisotopic (exact) mass is 367 g/mol. The summed E-state index contributed by atoms with van der Waals surface area (Å²) in [7, 11) is 1.99. The third-order valence-corrected chi connectivity index (χ3v) is 5.33. The molecule has 2 aromatic rings. The second-order valence-corrected chi connectivity index (χ2v) is 7.27. The molecule has 0 atom stereocenters. The summed E-state index contributed by atoms with van der Waals surface area (Å²) in [4.78, 5) is 26.2. The number of anilines is 1. The van der Waals surface area contributed by atoms with Gasteiger partial charge in [-0.1, -0.05) is 37.5 Å². The highest BCUT2D eigenvalue weighted by molar-refractivity contribution is 6.15. The van der Waals surface area contributed by atoms with E-state index in [1.807, 2.05) is 7.05 Å². The SMILES string of the molecule is CN(CC1CCCCC1)c1ccc(C(=O)c2ccccc2C(=O)O)c(O)c1. The minimum Gasteiger partial charge on any atom is -0.507 e. The molecule has 0 aliphatic heterocycles. The predicted molar refractivity (Wildman–Crippen MR) is 105 cm³/mol. The van der Waals surface area contributed by atoms with E-state index in [0.717, 1.165) is 12.2 Å². The average molecular weight is 367 g/mol. The standard InChI is InChI=1S/C22H25NO4/c1-23(14-15-7-3-2-4-8-15)16-11-12-19(20(24)13-16)21(25)17-9-5-6-10-18(17)22(26)27/h5-6,9-13,15,24H,2-4,7-8,14H2,1H3,(H,26,27). The highest BCUT2D eigenvalue weighted by Crippen LogP contribution is 2.30. The molecule has 0 amide bonds. The Labute approximate surface area is 159 Å². The number of carbonyl (C=O) groups excluding carboxylic acids is 1. The van der Waals surface area contributed by atoms with Gasteiger partial charge in [0.15, 0.2) is 5.78 Å². The van der Waals surface area contributed by atoms with Crippen molar-refractivity contribution in [3.63, 3.8) is 0 Å². The molecule has 0 aromatic heterocycles. The maximum atomic E-state index is 12.8. The fourth-order valence-corrected chi connectivity index (χ4v) is 3.82. The molecule has 0 unspecified atom stereocenters. The van der Waals surface area contributed by atoms with E-state index in [9.17, 15) is 19.8 Å². The summed E-state index contributed by atoms with van der Waals surface area (Å²) in [5.74, 6) is -1.13. The zero-order valence-corrected chi connectivity index (χ0v) is 15.5. The second-order valence-electron chi connectivity index (χ2n) is 7.27. The number of aromatic hydroxyl groups is 1. The number of hydrogen-bond acceptors (Lipinski definition) is 4. The van der Waals surface area contributed by atoms with Crippen LogP contribution in [-0.4, -0.2) is 35.6 Å². The first-order valence-electron chi connectivity index (χ1n) is 9.38. The van der Waals surface area contributed by atoms with E-state index < -0.39 is 11.8 Å². The number of benzene rings is 2. The van der Waals surface area contributed by atoms with Crippen LogP contribution in [0.25, 0.3) is 0 Å². The molecule has 5 nitrogen and oxygen atoms in total. The topological polar surface area (TPSA) is 77.8 Å². The Morgan fingerprint density at radius 1 is 1.00 bits per heavy atom. The lowest BCUT2D eigenvalue weighted by Crippen LogP contribution is -2.26. The largest absolute Gasteiger partial charge is 0.507 e. The summed E-state index contributed by atoms with van der Waals surface area (Å²) < 4.78 is 0. The molecule has 5 heteroatoms. The fourth-order valence-electron chi connectivity index (χ4n) is 3.82. The molecule has 0 heterocycles. The molecule has 1 fully saturated rings. The van der Waals surface area contributed by atoms with E-state index in [1.54, 1.807) is 30.3 Å². The van der Waals surface area contributed by atoms with Crippen LogP contribution in [0.2, 0.25) is 0 Å². The van der Waals surface area contributed by atoms with Crippen molar-refractivity contribution in [1.82, 2.24) is 0 Å². The number of phenols is 1. The lowest BCUT2D eigenvalue weighted by molar-refractivity contribution is 0.0692. The van der Waals surface area contributed by atoms with Gasteiger partial charge < -0.3 is 15.1 Å². The van der Waals surface area contributed by atoms with Crippen LogP contribution < -0.4 is 4.90 Å². The average Bonchev–Trinajstić information content (AvgIpc) is 2.68. The third kappa shape index (κ3) is 4.30. The Morgan fingerprint density at radius 3 is 2.30 bits per heavy atom. The Morgan fingerprint density at radius 2 is 1.67 bits per heavy atom.